The minimum atomic E-state index is -0.846. The number of benzene rings is 1. The van der Waals surface area contributed by atoms with Gasteiger partial charge in [0.2, 0.25) is 5.91 Å². The number of hydrogen-bond donors (Lipinski definition) is 1. The predicted molar refractivity (Wildman–Crippen MR) is 73.2 cm³/mol. The summed E-state index contributed by atoms with van der Waals surface area (Å²) in [6, 6.07) is 6.98. The Bertz CT molecular complexity index is 558. The van der Waals surface area contributed by atoms with Gasteiger partial charge in [0, 0.05) is 20.1 Å². The van der Waals surface area contributed by atoms with Crippen LogP contribution >= 0.6 is 0 Å². The summed E-state index contributed by atoms with van der Waals surface area (Å²) in [7, 11) is 1.77. The van der Waals surface area contributed by atoms with Crippen molar-refractivity contribution in [2.24, 2.45) is 0 Å². The smallest absolute Gasteiger partial charge is 0.321 e. The quantitative estimate of drug-likeness (QED) is 0.863. The van der Waals surface area contributed by atoms with Gasteiger partial charge in [0.25, 0.3) is 0 Å². The molecule has 1 saturated heterocycles. The number of likely N-dealkylation sites (tertiary alicyclic amines) is 1. The molecule has 0 spiro atoms. The van der Waals surface area contributed by atoms with Crippen molar-refractivity contribution < 1.29 is 14.7 Å². The lowest BCUT2D eigenvalue weighted by molar-refractivity contribution is -0.146. The highest BCUT2D eigenvalue weighted by Crippen LogP contribution is 2.28. The molecule has 2 heterocycles. The van der Waals surface area contributed by atoms with Crippen LogP contribution < -0.4 is 0 Å². The van der Waals surface area contributed by atoms with Crippen LogP contribution in [0.4, 0.5) is 0 Å². The zero-order valence-corrected chi connectivity index (χ0v) is 11.5. The van der Waals surface area contributed by atoms with Gasteiger partial charge in [0.05, 0.1) is 6.04 Å². The van der Waals surface area contributed by atoms with Crippen LogP contribution in [-0.4, -0.2) is 52.5 Å². The molecule has 0 bridgehead atoms. The average molecular weight is 274 g/mol. The second-order valence-electron chi connectivity index (χ2n) is 5.56. The first kappa shape index (κ1) is 13.1. The van der Waals surface area contributed by atoms with Crippen LogP contribution in [0.2, 0.25) is 0 Å². The summed E-state index contributed by atoms with van der Waals surface area (Å²) in [5.74, 6) is -0.808. The van der Waals surface area contributed by atoms with Gasteiger partial charge in [0.1, 0.15) is 6.04 Å². The van der Waals surface area contributed by atoms with E-state index in [1.807, 2.05) is 29.2 Å². The highest BCUT2D eigenvalue weighted by molar-refractivity contribution is 5.85. The predicted octanol–water partition coefficient (Wildman–Crippen LogP) is 0.729. The molecule has 1 amide bonds. The fraction of sp³-hybridized carbons (Fsp3) is 0.467. The van der Waals surface area contributed by atoms with Crippen LogP contribution in [0.25, 0.3) is 0 Å². The lowest BCUT2D eigenvalue weighted by Crippen LogP contribution is -2.52. The first-order valence-electron chi connectivity index (χ1n) is 6.88. The van der Waals surface area contributed by atoms with Crippen molar-refractivity contribution in [2.45, 2.75) is 31.5 Å². The molecule has 1 fully saturated rings. The van der Waals surface area contributed by atoms with Crippen molar-refractivity contribution in [1.82, 2.24) is 9.80 Å². The lowest BCUT2D eigenvalue weighted by Gasteiger charge is -2.37. The van der Waals surface area contributed by atoms with E-state index in [0.29, 0.717) is 25.9 Å². The van der Waals surface area contributed by atoms with Gasteiger partial charge in [-0.25, -0.2) is 0 Å². The zero-order chi connectivity index (χ0) is 14.3. The second kappa shape index (κ2) is 4.90. The van der Waals surface area contributed by atoms with E-state index < -0.39 is 12.0 Å². The molecule has 0 radical (unpaired) electrons. The van der Waals surface area contributed by atoms with Gasteiger partial charge in [-0.05, 0) is 24.0 Å². The third kappa shape index (κ3) is 2.08. The number of hydrogen-bond acceptors (Lipinski definition) is 3. The molecule has 0 aromatic heterocycles. The minimum Gasteiger partial charge on any atom is -0.480 e. The molecule has 2 aliphatic heterocycles. The number of carboxylic acids is 1. The van der Waals surface area contributed by atoms with Crippen molar-refractivity contribution in [1.29, 1.82) is 0 Å². The molecule has 1 aromatic carbocycles. The monoisotopic (exact) mass is 274 g/mol. The summed E-state index contributed by atoms with van der Waals surface area (Å²) in [5, 5.41) is 9.48. The SMILES string of the molecule is CN1CCC(N2Cc3ccccc3C[C@H]2C(=O)O)C1=O. The summed E-state index contributed by atoms with van der Waals surface area (Å²) in [6.07, 6.45) is 1.18. The molecule has 0 aliphatic carbocycles. The topological polar surface area (TPSA) is 60.9 Å². The number of carbonyl (C=O) groups excluding carboxylic acids is 1. The molecular weight excluding hydrogens is 256 g/mol. The van der Waals surface area contributed by atoms with Crippen molar-refractivity contribution in [2.75, 3.05) is 13.6 Å². The van der Waals surface area contributed by atoms with E-state index in [2.05, 4.69) is 0 Å². The van der Waals surface area contributed by atoms with E-state index in [9.17, 15) is 14.7 Å². The van der Waals surface area contributed by atoms with Crippen molar-refractivity contribution in [3.63, 3.8) is 0 Å². The van der Waals surface area contributed by atoms with Crippen LogP contribution in [0.15, 0.2) is 24.3 Å². The molecule has 106 valence electrons. The molecule has 1 N–H and O–H groups in total. The molecule has 2 aliphatic rings. The summed E-state index contributed by atoms with van der Waals surface area (Å²) in [6.45, 7) is 1.24. The Morgan fingerprint density at radius 2 is 2.00 bits per heavy atom. The summed E-state index contributed by atoms with van der Waals surface area (Å²) in [4.78, 5) is 27.3. The standard InChI is InChI=1S/C15H18N2O3/c1-16-7-6-12(14(16)18)17-9-11-5-3-2-4-10(11)8-13(17)15(19)20/h2-5,12-13H,6-9H2,1H3,(H,19,20)/t12?,13-/m0/s1. The summed E-state index contributed by atoms with van der Waals surface area (Å²) < 4.78 is 0. The number of amides is 1. The van der Waals surface area contributed by atoms with Gasteiger partial charge in [-0.15, -0.1) is 0 Å². The van der Waals surface area contributed by atoms with Crippen LogP contribution in [0.5, 0.6) is 0 Å². The Morgan fingerprint density at radius 3 is 2.60 bits per heavy atom. The van der Waals surface area contributed by atoms with Gasteiger partial charge in [-0.2, -0.15) is 0 Å². The molecule has 1 aromatic rings. The molecule has 3 rings (SSSR count). The second-order valence-corrected chi connectivity index (χ2v) is 5.56. The van der Waals surface area contributed by atoms with Crippen molar-refractivity contribution in [3.05, 3.63) is 35.4 Å². The van der Waals surface area contributed by atoms with Crippen molar-refractivity contribution in [3.8, 4) is 0 Å². The molecule has 20 heavy (non-hydrogen) atoms. The van der Waals surface area contributed by atoms with Gasteiger partial charge >= 0.3 is 5.97 Å². The van der Waals surface area contributed by atoms with E-state index in [4.69, 9.17) is 0 Å². The Labute approximate surface area is 117 Å². The summed E-state index contributed by atoms with van der Waals surface area (Å²) in [5.41, 5.74) is 2.21. The number of nitrogens with zero attached hydrogens (tertiary/aromatic N) is 2. The molecule has 2 atom stereocenters. The first-order valence-corrected chi connectivity index (χ1v) is 6.88. The third-order valence-corrected chi connectivity index (χ3v) is 4.37. The molecular formula is C15H18N2O3. The molecule has 1 unspecified atom stereocenters. The lowest BCUT2D eigenvalue weighted by atomic mass is 9.92. The Morgan fingerprint density at radius 1 is 1.30 bits per heavy atom. The minimum absolute atomic E-state index is 0.0376. The van der Waals surface area contributed by atoms with Crippen LogP contribution in [0.1, 0.15) is 17.5 Å². The van der Waals surface area contributed by atoms with Gasteiger partial charge in [-0.3, -0.25) is 14.5 Å². The fourth-order valence-electron chi connectivity index (χ4n) is 3.21. The number of fused-ring (bicyclic) bond motifs is 1. The molecule has 0 saturated carbocycles. The van der Waals surface area contributed by atoms with Gasteiger partial charge in [0.15, 0.2) is 0 Å². The maximum absolute atomic E-state index is 12.2. The van der Waals surface area contributed by atoms with E-state index in [-0.39, 0.29) is 11.9 Å². The van der Waals surface area contributed by atoms with E-state index in [1.54, 1.807) is 11.9 Å². The number of aliphatic carboxylic acids is 1. The van der Waals surface area contributed by atoms with Crippen LogP contribution in [0, 0.1) is 0 Å². The fourth-order valence-corrected chi connectivity index (χ4v) is 3.21. The summed E-state index contributed by atoms with van der Waals surface area (Å²) >= 11 is 0. The molecule has 5 nitrogen and oxygen atoms in total. The Balaban J connectivity index is 1.93. The molecule has 5 heteroatoms. The third-order valence-electron chi connectivity index (χ3n) is 4.37. The highest BCUT2D eigenvalue weighted by atomic mass is 16.4. The Hall–Kier alpha value is -1.88. The zero-order valence-electron chi connectivity index (χ0n) is 11.5. The highest BCUT2D eigenvalue weighted by Gasteiger charge is 2.42. The Kier molecular flexibility index (Phi) is 3.22. The average Bonchev–Trinajstić information content (AvgIpc) is 2.77. The normalized spacial score (nSPS) is 26.6. The maximum Gasteiger partial charge on any atom is 0.321 e. The van der Waals surface area contributed by atoms with Gasteiger partial charge < -0.3 is 10.0 Å². The number of carboxylic acid groups (broad SMARTS) is 1. The van der Waals surface area contributed by atoms with E-state index >= 15 is 0 Å². The first-order chi connectivity index (χ1) is 9.58. The maximum atomic E-state index is 12.2. The van der Waals surface area contributed by atoms with Crippen LogP contribution in [0.3, 0.4) is 0 Å². The van der Waals surface area contributed by atoms with Crippen molar-refractivity contribution >= 4 is 11.9 Å². The number of carbonyl (C=O) groups is 2. The van der Waals surface area contributed by atoms with Gasteiger partial charge in [-0.1, -0.05) is 24.3 Å². The number of rotatable bonds is 2. The number of likely N-dealkylation sites (N-methyl/N-ethyl adjacent to an activating group) is 1. The van der Waals surface area contributed by atoms with E-state index in [1.165, 1.54) is 0 Å². The van der Waals surface area contributed by atoms with E-state index in [0.717, 1.165) is 11.1 Å². The largest absolute Gasteiger partial charge is 0.480 e. The van der Waals surface area contributed by atoms with Crippen LogP contribution in [-0.2, 0) is 22.6 Å².